The molecule has 0 heterocycles. The van der Waals surface area contributed by atoms with Gasteiger partial charge in [0.05, 0.1) is 0 Å². The molecule has 2 rings (SSSR count). The molecule has 0 aliphatic heterocycles. The lowest BCUT2D eigenvalue weighted by molar-refractivity contribution is -0.121. The van der Waals surface area contributed by atoms with Gasteiger partial charge in [0.2, 0.25) is 5.91 Å². The first-order chi connectivity index (χ1) is 8.27. The third-order valence-electron chi connectivity index (χ3n) is 3.80. The van der Waals surface area contributed by atoms with Crippen molar-refractivity contribution in [1.82, 2.24) is 5.32 Å². The average molecular weight is 231 g/mol. The fourth-order valence-electron chi connectivity index (χ4n) is 2.55. The van der Waals surface area contributed by atoms with Gasteiger partial charge >= 0.3 is 0 Å². The third-order valence-corrected chi connectivity index (χ3v) is 3.80. The van der Waals surface area contributed by atoms with Crippen LogP contribution in [0.15, 0.2) is 30.3 Å². The Morgan fingerprint density at radius 2 is 2.00 bits per heavy atom. The van der Waals surface area contributed by atoms with Crippen molar-refractivity contribution in [2.45, 2.75) is 44.4 Å². The van der Waals surface area contributed by atoms with Gasteiger partial charge in [-0.3, -0.25) is 4.79 Å². The summed E-state index contributed by atoms with van der Waals surface area (Å²) in [5.41, 5.74) is 1.59. The lowest BCUT2D eigenvalue weighted by Gasteiger charge is -2.42. The van der Waals surface area contributed by atoms with Crippen LogP contribution in [0.5, 0.6) is 0 Å². The summed E-state index contributed by atoms with van der Waals surface area (Å²) in [6, 6.07) is 10.6. The predicted molar refractivity (Wildman–Crippen MR) is 69.9 cm³/mol. The molecule has 17 heavy (non-hydrogen) atoms. The highest BCUT2D eigenvalue weighted by Gasteiger charge is 2.38. The van der Waals surface area contributed by atoms with Crippen LogP contribution < -0.4 is 5.32 Å². The van der Waals surface area contributed by atoms with E-state index in [2.05, 4.69) is 29.6 Å². The summed E-state index contributed by atoms with van der Waals surface area (Å²) in [5.74, 6) is 0.190. The lowest BCUT2D eigenvalue weighted by atomic mass is 9.64. The Morgan fingerprint density at radius 3 is 2.53 bits per heavy atom. The maximum atomic E-state index is 11.5. The first kappa shape index (κ1) is 12.2. The molecule has 0 aromatic heterocycles. The molecule has 1 aromatic rings. The topological polar surface area (TPSA) is 29.1 Å². The van der Waals surface area contributed by atoms with Gasteiger partial charge in [-0.2, -0.15) is 0 Å². The van der Waals surface area contributed by atoms with E-state index in [0.29, 0.717) is 6.42 Å². The van der Waals surface area contributed by atoms with Crippen LogP contribution in [0.25, 0.3) is 0 Å². The Hall–Kier alpha value is -1.31. The minimum absolute atomic E-state index is 0.190. The van der Waals surface area contributed by atoms with Crippen LogP contribution in [0.2, 0.25) is 0 Å². The van der Waals surface area contributed by atoms with Crippen LogP contribution in [-0.4, -0.2) is 12.5 Å². The normalized spacial score (nSPS) is 17.2. The second-order valence-corrected chi connectivity index (χ2v) is 5.03. The number of hydrogen-bond acceptors (Lipinski definition) is 1. The molecule has 1 saturated carbocycles. The summed E-state index contributed by atoms with van der Waals surface area (Å²) < 4.78 is 0. The summed E-state index contributed by atoms with van der Waals surface area (Å²) in [7, 11) is 0. The highest BCUT2D eigenvalue weighted by Crippen LogP contribution is 2.43. The molecule has 0 unspecified atom stereocenters. The van der Waals surface area contributed by atoms with Gasteiger partial charge in [-0.05, 0) is 24.8 Å². The molecule has 0 atom stereocenters. The fourth-order valence-corrected chi connectivity index (χ4v) is 2.55. The number of benzene rings is 1. The molecule has 1 amide bonds. The molecule has 1 N–H and O–H groups in total. The second kappa shape index (κ2) is 5.35. The first-order valence-corrected chi connectivity index (χ1v) is 6.59. The molecule has 1 aromatic carbocycles. The van der Waals surface area contributed by atoms with Gasteiger partial charge in [-0.15, -0.1) is 0 Å². The quantitative estimate of drug-likeness (QED) is 0.829. The number of rotatable bonds is 5. The molecular formula is C15H21NO. The van der Waals surface area contributed by atoms with Crippen LogP contribution in [0.3, 0.4) is 0 Å². The smallest absolute Gasteiger partial charge is 0.220 e. The van der Waals surface area contributed by atoms with E-state index in [1.807, 2.05) is 13.0 Å². The van der Waals surface area contributed by atoms with Crippen LogP contribution >= 0.6 is 0 Å². The Kier molecular flexibility index (Phi) is 3.82. The first-order valence-electron chi connectivity index (χ1n) is 6.59. The van der Waals surface area contributed by atoms with Crippen molar-refractivity contribution in [2.75, 3.05) is 6.54 Å². The molecule has 92 valence electrons. The van der Waals surface area contributed by atoms with Gasteiger partial charge in [-0.1, -0.05) is 43.7 Å². The zero-order valence-electron chi connectivity index (χ0n) is 10.5. The number of carbonyl (C=O) groups excluding carboxylic acids is 1. The van der Waals surface area contributed by atoms with Crippen molar-refractivity contribution in [3.05, 3.63) is 35.9 Å². The molecule has 1 aliphatic rings. The standard InChI is InChI=1S/C15H21NO/c1-2-7-14(17)16-12-15(10-6-11-15)13-8-4-3-5-9-13/h3-5,8-9H,2,6-7,10-12H2,1H3,(H,16,17). The molecule has 2 nitrogen and oxygen atoms in total. The second-order valence-electron chi connectivity index (χ2n) is 5.03. The summed E-state index contributed by atoms with van der Waals surface area (Å²) in [4.78, 5) is 11.5. The number of amides is 1. The predicted octanol–water partition coefficient (Wildman–Crippen LogP) is 3.02. The zero-order valence-corrected chi connectivity index (χ0v) is 10.5. The Balaban J connectivity index is 1.99. The molecule has 1 aliphatic carbocycles. The van der Waals surface area contributed by atoms with E-state index in [4.69, 9.17) is 0 Å². The zero-order chi connectivity index (χ0) is 12.1. The van der Waals surface area contributed by atoms with E-state index in [-0.39, 0.29) is 11.3 Å². The largest absolute Gasteiger partial charge is 0.355 e. The molecule has 0 spiro atoms. The van der Waals surface area contributed by atoms with E-state index in [0.717, 1.165) is 13.0 Å². The van der Waals surface area contributed by atoms with E-state index in [1.165, 1.54) is 24.8 Å². The molecule has 1 fully saturated rings. The molecule has 2 heteroatoms. The highest BCUT2D eigenvalue weighted by atomic mass is 16.1. The maximum Gasteiger partial charge on any atom is 0.220 e. The monoisotopic (exact) mass is 231 g/mol. The molecule has 0 radical (unpaired) electrons. The van der Waals surface area contributed by atoms with Crippen molar-refractivity contribution in [2.24, 2.45) is 0 Å². The Morgan fingerprint density at radius 1 is 1.29 bits per heavy atom. The number of nitrogens with one attached hydrogen (secondary N) is 1. The summed E-state index contributed by atoms with van der Waals surface area (Å²) in [6.07, 6.45) is 5.24. The molecular weight excluding hydrogens is 210 g/mol. The van der Waals surface area contributed by atoms with Crippen LogP contribution in [0.4, 0.5) is 0 Å². The van der Waals surface area contributed by atoms with Crippen LogP contribution in [0.1, 0.15) is 44.6 Å². The van der Waals surface area contributed by atoms with Crippen molar-refractivity contribution < 1.29 is 4.79 Å². The molecule has 0 saturated heterocycles. The Bertz CT molecular complexity index is 368. The van der Waals surface area contributed by atoms with Crippen LogP contribution in [0, 0.1) is 0 Å². The summed E-state index contributed by atoms with van der Waals surface area (Å²) in [6.45, 7) is 2.84. The van der Waals surface area contributed by atoms with Crippen molar-refractivity contribution in [1.29, 1.82) is 0 Å². The lowest BCUT2D eigenvalue weighted by Crippen LogP contribution is -2.45. The van der Waals surface area contributed by atoms with E-state index >= 15 is 0 Å². The number of carbonyl (C=O) groups is 1. The summed E-state index contributed by atoms with van der Waals surface area (Å²) in [5, 5.41) is 3.09. The Labute approximate surface area is 103 Å². The van der Waals surface area contributed by atoms with Gasteiger partial charge in [-0.25, -0.2) is 0 Å². The van der Waals surface area contributed by atoms with Crippen molar-refractivity contribution in [3.63, 3.8) is 0 Å². The fraction of sp³-hybridized carbons (Fsp3) is 0.533. The minimum Gasteiger partial charge on any atom is -0.355 e. The van der Waals surface area contributed by atoms with Crippen molar-refractivity contribution >= 4 is 5.91 Å². The number of hydrogen-bond donors (Lipinski definition) is 1. The van der Waals surface area contributed by atoms with Gasteiger partial charge in [0.1, 0.15) is 0 Å². The van der Waals surface area contributed by atoms with Gasteiger partial charge < -0.3 is 5.32 Å². The SMILES string of the molecule is CCCC(=O)NCC1(c2ccccc2)CCC1. The van der Waals surface area contributed by atoms with Crippen molar-refractivity contribution in [3.8, 4) is 0 Å². The summed E-state index contributed by atoms with van der Waals surface area (Å²) >= 11 is 0. The molecule has 0 bridgehead atoms. The minimum atomic E-state index is 0.190. The van der Waals surface area contributed by atoms with Gasteiger partial charge in [0.25, 0.3) is 0 Å². The van der Waals surface area contributed by atoms with Gasteiger partial charge in [0.15, 0.2) is 0 Å². The van der Waals surface area contributed by atoms with E-state index in [1.54, 1.807) is 0 Å². The van der Waals surface area contributed by atoms with Gasteiger partial charge in [0, 0.05) is 18.4 Å². The third kappa shape index (κ3) is 2.68. The van der Waals surface area contributed by atoms with E-state index < -0.39 is 0 Å². The average Bonchev–Trinajstić information content (AvgIpc) is 2.29. The maximum absolute atomic E-state index is 11.5. The highest BCUT2D eigenvalue weighted by molar-refractivity contribution is 5.75. The van der Waals surface area contributed by atoms with Crippen LogP contribution in [-0.2, 0) is 10.2 Å². The van der Waals surface area contributed by atoms with E-state index in [9.17, 15) is 4.79 Å².